The molecule has 0 aliphatic heterocycles. The molecule has 0 spiro atoms. The topological polar surface area (TPSA) is 43.8 Å². The number of alkyl halides is 3. The monoisotopic (exact) mass is 333 g/mol. The van der Waals surface area contributed by atoms with Crippen LogP contribution in [0.5, 0.6) is 0 Å². The molecule has 0 aliphatic rings. The molecule has 0 radical (unpaired) electrons. The van der Waals surface area contributed by atoms with Crippen LogP contribution in [0.25, 0.3) is 5.69 Å². The van der Waals surface area contributed by atoms with Gasteiger partial charge in [-0.25, -0.2) is 4.68 Å². The average molecular weight is 334 g/mol. The maximum Gasteiger partial charge on any atom is 0.435 e. The zero-order chi connectivity index (χ0) is 14.2. The van der Waals surface area contributed by atoms with Crippen LogP contribution < -0.4 is 5.73 Å². The van der Waals surface area contributed by atoms with Gasteiger partial charge in [0.2, 0.25) is 0 Å². The van der Waals surface area contributed by atoms with Gasteiger partial charge in [-0.05, 0) is 30.7 Å². The van der Waals surface area contributed by atoms with Crippen LogP contribution in [0.4, 0.5) is 13.2 Å². The van der Waals surface area contributed by atoms with Gasteiger partial charge in [0.25, 0.3) is 0 Å². The van der Waals surface area contributed by atoms with Crippen molar-refractivity contribution < 1.29 is 13.2 Å². The smallest absolute Gasteiger partial charge is 0.324 e. The first-order chi connectivity index (χ1) is 8.79. The summed E-state index contributed by atoms with van der Waals surface area (Å²) in [5.74, 6) is 0. The molecule has 1 unspecified atom stereocenters. The van der Waals surface area contributed by atoms with Crippen molar-refractivity contribution in [1.82, 2.24) is 9.78 Å². The van der Waals surface area contributed by atoms with E-state index in [4.69, 9.17) is 5.73 Å². The third kappa shape index (κ3) is 2.98. The molecule has 0 aliphatic carbocycles. The highest BCUT2D eigenvalue weighted by Gasteiger charge is 2.33. The Labute approximate surface area is 116 Å². The zero-order valence-electron chi connectivity index (χ0n) is 9.95. The molecule has 2 aromatic rings. The van der Waals surface area contributed by atoms with E-state index in [1.54, 1.807) is 18.2 Å². The molecule has 0 bridgehead atoms. The van der Waals surface area contributed by atoms with Crippen LogP contribution in [0.3, 0.4) is 0 Å². The molecule has 0 amide bonds. The van der Waals surface area contributed by atoms with Crippen molar-refractivity contribution in [3.05, 3.63) is 46.2 Å². The molecule has 0 saturated carbocycles. The highest BCUT2D eigenvalue weighted by Crippen LogP contribution is 2.29. The normalized spacial score (nSPS) is 13.6. The molecule has 1 heterocycles. The lowest BCUT2D eigenvalue weighted by Crippen LogP contribution is -2.08. The van der Waals surface area contributed by atoms with Crippen molar-refractivity contribution >= 4 is 15.9 Å². The van der Waals surface area contributed by atoms with Gasteiger partial charge in [0, 0.05) is 16.7 Å². The Morgan fingerprint density at radius 2 is 2.00 bits per heavy atom. The Hall–Kier alpha value is -1.34. The lowest BCUT2D eigenvalue weighted by atomic mass is 10.1. The third-order valence-corrected chi connectivity index (χ3v) is 3.31. The number of hydrogen-bond donors (Lipinski definition) is 1. The van der Waals surface area contributed by atoms with E-state index >= 15 is 0 Å². The van der Waals surface area contributed by atoms with Gasteiger partial charge in [-0.15, -0.1) is 0 Å². The van der Waals surface area contributed by atoms with Crippen LogP contribution in [0, 0.1) is 0 Å². The second-order valence-corrected chi connectivity index (χ2v) is 4.99. The maximum atomic E-state index is 12.5. The summed E-state index contributed by atoms with van der Waals surface area (Å²) in [5.41, 5.74) is 6.26. The van der Waals surface area contributed by atoms with Crippen molar-refractivity contribution in [2.75, 3.05) is 0 Å². The van der Waals surface area contributed by atoms with Gasteiger partial charge in [0.15, 0.2) is 5.69 Å². The van der Waals surface area contributed by atoms with Crippen molar-refractivity contribution in [2.24, 2.45) is 5.73 Å². The lowest BCUT2D eigenvalue weighted by Gasteiger charge is -2.10. The van der Waals surface area contributed by atoms with E-state index < -0.39 is 11.9 Å². The standard InChI is InChI=1S/C12H11BrF3N3/c1-7(17)9-3-2-8(6-10(9)13)19-5-4-11(18-19)12(14,15)16/h2-7H,17H2,1H3. The molecular formula is C12H11BrF3N3. The fourth-order valence-electron chi connectivity index (χ4n) is 1.65. The number of aromatic nitrogens is 2. The fraction of sp³-hybridized carbons (Fsp3) is 0.250. The first kappa shape index (κ1) is 14.1. The summed E-state index contributed by atoms with van der Waals surface area (Å²) in [4.78, 5) is 0. The summed E-state index contributed by atoms with van der Waals surface area (Å²) in [7, 11) is 0. The van der Waals surface area contributed by atoms with Crippen molar-refractivity contribution in [3.8, 4) is 5.69 Å². The van der Waals surface area contributed by atoms with Crippen LogP contribution in [0.2, 0.25) is 0 Å². The van der Waals surface area contributed by atoms with E-state index in [2.05, 4.69) is 21.0 Å². The molecule has 102 valence electrons. The molecule has 0 fully saturated rings. The van der Waals surface area contributed by atoms with Crippen LogP contribution in [0.1, 0.15) is 24.2 Å². The largest absolute Gasteiger partial charge is 0.435 e. The third-order valence-electron chi connectivity index (χ3n) is 2.62. The van der Waals surface area contributed by atoms with Gasteiger partial charge < -0.3 is 5.73 Å². The highest BCUT2D eigenvalue weighted by atomic mass is 79.9. The van der Waals surface area contributed by atoms with E-state index in [9.17, 15) is 13.2 Å². The van der Waals surface area contributed by atoms with Gasteiger partial charge in [-0.3, -0.25) is 0 Å². The number of hydrogen-bond acceptors (Lipinski definition) is 2. The molecular weight excluding hydrogens is 323 g/mol. The molecule has 3 nitrogen and oxygen atoms in total. The molecule has 19 heavy (non-hydrogen) atoms. The van der Waals surface area contributed by atoms with Gasteiger partial charge in [0.05, 0.1) is 5.69 Å². The quantitative estimate of drug-likeness (QED) is 0.911. The minimum absolute atomic E-state index is 0.160. The van der Waals surface area contributed by atoms with E-state index in [1.807, 2.05) is 6.92 Å². The average Bonchev–Trinajstić information content (AvgIpc) is 2.76. The summed E-state index contributed by atoms with van der Waals surface area (Å²) < 4.78 is 39.3. The minimum atomic E-state index is -4.44. The Morgan fingerprint density at radius 1 is 1.32 bits per heavy atom. The van der Waals surface area contributed by atoms with Crippen molar-refractivity contribution in [3.63, 3.8) is 0 Å². The van der Waals surface area contributed by atoms with Gasteiger partial charge >= 0.3 is 6.18 Å². The fourth-order valence-corrected chi connectivity index (χ4v) is 2.37. The number of rotatable bonds is 2. The summed E-state index contributed by atoms with van der Waals surface area (Å²) in [6, 6.07) is 5.90. The van der Waals surface area contributed by atoms with E-state index in [1.165, 1.54) is 10.9 Å². The van der Waals surface area contributed by atoms with Gasteiger partial charge in [-0.2, -0.15) is 18.3 Å². The van der Waals surface area contributed by atoms with Crippen molar-refractivity contribution in [2.45, 2.75) is 19.1 Å². The van der Waals surface area contributed by atoms with Crippen molar-refractivity contribution in [1.29, 1.82) is 0 Å². The zero-order valence-corrected chi connectivity index (χ0v) is 11.5. The molecule has 2 rings (SSSR count). The number of nitrogens with two attached hydrogens (primary N) is 1. The SMILES string of the molecule is CC(N)c1ccc(-n2ccc(C(F)(F)F)n2)cc1Br. The van der Waals surface area contributed by atoms with Crippen LogP contribution in [-0.4, -0.2) is 9.78 Å². The lowest BCUT2D eigenvalue weighted by molar-refractivity contribution is -0.141. The molecule has 1 atom stereocenters. The first-order valence-electron chi connectivity index (χ1n) is 5.47. The van der Waals surface area contributed by atoms with E-state index in [0.717, 1.165) is 16.1 Å². The van der Waals surface area contributed by atoms with Gasteiger partial charge in [-0.1, -0.05) is 22.0 Å². The van der Waals surface area contributed by atoms with Crippen LogP contribution in [-0.2, 0) is 6.18 Å². The second-order valence-electron chi connectivity index (χ2n) is 4.14. The number of benzene rings is 1. The molecule has 1 aromatic carbocycles. The molecule has 7 heteroatoms. The predicted octanol–water partition coefficient (Wildman–Crippen LogP) is 3.67. The summed E-state index contributed by atoms with van der Waals surface area (Å²) in [6.45, 7) is 1.83. The van der Waals surface area contributed by atoms with Gasteiger partial charge in [0.1, 0.15) is 0 Å². The Morgan fingerprint density at radius 3 is 2.47 bits per heavy atom. The molecule has 2 N–H and O–H groups in total. The molecule has 0 saturated heterocycles. The van der Waals surface area contributed by atoms with E-state index in [0.29, 0.717) is 5.69 Å². The summed E-state index contributed by atoms with van der Waals surface area (Å²) in [6.07, 6.45) is -3.16. The van der Waals surface area contributed by atoms with Crippen LogP contribution in [0.15, 0.2) is 34.9 Å². The Kier molecular flexibility index (Phi) is 3.69. The Bertz CT molecular complexity index is 590. The maximum absolute atomic E-state index is 12.5. The Balaban J connectivity index is 2.38. The molecule has 1 aromatic heterocycles. The highest BCUT2D eigenvalue weighted by molar-refractivity contribution is 9.10. The number of nitrogens with zero attached hydrogens (tertiary/aromatic N) is 2. The summed E-state index contributed by atoms with van der Waals surface area (Å²) in [5, 5.41) is 3.51. The second kappa shape index (κ2) is 4.97. The number of halogens is 4. The van der Waals surface area contributed by atoms with E-state index in [-0.39, 0.29) is 6.04 Å². The minimum Gasteiger partial charge on any atom is -0.324 e. The first-order valence-corrected chi connectivity index (χ1v) is 6.26. The van der Waals surface area contributed by atoms with Crippen LogP contribution >= 0.6 is 15.9 Å². The predicted molar refractivity (Wildman–Crippen MR) is 68.9 cm³/mol. The summed E-state index contributed by atoms with van der Waals surface area (Å²) >= 11 is 3.35.